The molecule has 1 amide bonds. The van der Waals surface area contributed by atoms with Crippen LogP contribution in [0.25, 0.3) is 0 Å². The van der Waals surface area contributed by atoms with Gasteiger partial charge in [0.1, 0.15) is 0 Å². The molecule has 1 heterocycles. The molecular formula is C10H14N4O. The number of carbonyl (C=O) groups excluding carboxylic acids is 1. The van der Waals surface area contributed by atoms with Gasteiger partial charge < -0.3 is 11.1 Å². The molecule has 5 nitrogen and oxygen atoms in total. The van der Waals surface area contributed by atoms with E-state index in [0.29, 0.717) is 5.82 Å². The number of nitrogens with two attached hydrogens (primary N) is 1. The molecule has 0 saturated heterocycles. The first-order valence-electron chi connectivity index (χ1n) is 5.11. The number of nitrogens with zero attached hydrogens (tertiary/aromatic N) is 2. The minimum atomic E-state index is -0.0768. The van der Waals surface area contributed by atoms with E-state index in [1.807, 2.05) is 0 Å². The number of anilines is 1. The van der Waals surface area contributed by atoms with E-state index >= 15 is 0 Å². The second kappa shape index (κ2) is 4.35. The van der Waals surface area contributed by atoms with Crippen LogP contribution in [0.15, 0.2) is 18.3 Å². The number of hydrogen-bond donors (Lipinski definition) is 2. The third kappa shape index (κ3) is 2.30. The zero-order valence-corrected chi connectivity index (χ0v) is 8.39. The smallest absolute Gasteiger partial charge is 0.230 e. The van der Waals surface area contributed by atoms with Crippen molar-refractivity contribution in [3.05, 3.63) is 18.3 Å². The van der Waals surface area contributed by atoms with Crippen molar-refractivity contribution in [1.82, 2.24) is 10.2 Å². The first kappa shape index (κ1) is 10.0. The van der Waals surface area contributed by atoms with E-state index < -0.39 is 0 Å². The zero-order chi connectivity index (χ0) is 10.7. The van der Waals surface area contributed by atoms with Crippen LogP contribution in [0.4, 0.5) is 5.82 Å². The van der Waals surface area contributed by atoms with E-state index in [9.17, 15) is 4.79 Å². The summed E-state index contributed by atoms with van der Waals surface area (Å²) in [6.07, 6.45) is 4.39. The lowest BCUT2D eigenvalue weighted by molar-refractivity contribution is -0.120. The molecule has 1 aromatic rings. The first-order chi connectivity index (χ1) is 7.27. The van der Waals surface area contributed by atoms with E-state index in [1.165, 1.54) is 0 Å². The molecule has 2 atom stereocenters. The summed E-state index contributed by atoms with van der Waals surface area (Å²) in [4.78, 5) is 11.8. The number of carbonyl (C=O) groups is 1. The Kier molecular flexibility index (Phi) is 2.91. The highest BCUT2D eigenvalue weighted by atomic mass is 16.2. The van der Waals surface area contributed by atoms with Crippen molar-refractivity contribution >= 4 is 11.7 Å². The fourth-order valence-corrected chi connectivity index (χ4v) is 1.90. The van der Waals surface area contributed by atoms with E-state index in [1.54, 1.807) is 18.3 Å². The Hall–Kier alpha value is -1.49. The Balaban J connectivity index is 1.98. The highest BCUT2D eigenvalue weighted by Gasteiger charge is 2.30. The van der Waals surface area contributed by atoms with Gasteiger partial charge >= 0.3 is 0 Å². The fraction of sp³-hybridized carbons (Fsp3) is 0.500. The van der Waals surface area contributed by atoms with Gasteiger partial charge in [-0.3, -0.25) is 4.79 Å². The van der Waals surface area contributed by atoms with Crippen molar-refractivity contribution in [3.8, 4) is 0 Å². The molecule has 80 valence electrons. The molecule has 2 unspecified atom stereocenters. The van der Waals surface area contributed by atoms with Crippen molar-refractivity contribution < 1.29 is 4.79 Å². The molecule has 1 saturated carbocycles. The number of nitrogens with one attached hydrogen (secondary N) is 1. The largest absolute Gasteiger partial charge is 0.327 e. The van der Waals surface area contributed by atoms with E-state index in [2.05, 4.69) is 15.5 Å². The lowest BCUT2D eigenvalue weighted by Crippen LogP contribution is -2.34. The molecule has 0 aliphatic heterocycles. The van der Waals surface area contributed by atoms with E-state index in [4.69, 9.17) is 5.73 Å². The molecule has 2 rings (SSSR count). The van der Waals surface area contributed by atoms with Crippen LogP contribution >= 0.6 is 0 Å². The third-order valence-electron chi connectivity index (χ3n) is 2.73. The summed E-state index contributed by atoms with van der Waals surface area (Å²) in [5.41, 5.74) is 5.84. The first-order valence-corrected chi connectivity index (χ1v) is 5.11. The quantitative estimate of drug-likeness (QED) is 0.740. The summed E-state index contributed by atoms with van der Waals surface area (Å²) in [7, 11) is 0. The van der Waals surface area contributed by atoms with Gasteiger partial charge in [0.25, 0.3) is 0 Å². The summed E-state index contributed by atoms with van der Waals surface area (Å²) in [6.45, 7) is 0. The Morgan fingerprint density at radius 2 is 2.40 bits per heavy atom. The second-order valence-corrected chi connectivity index (χ2v) is 3.80. The van der Waals surface area contributed by atoms with Crippen LogP contribution < -0.4 is 11.1 Å². The molecule has 1 aromatic heterocycles. The molecule has 0 spiro atoms. The number of aromatic nitrogens is 2. The lowest BCUT2D eigenvalue weighted by atomic mass is 10.0. The minimum absolute atomic E-state index is 0.0123. The highest BCUT2D eigenvalue weighted by molar-refractivity contribution is 5.92. The monoisotopic (exact) mass is 206 g/mol. The molecule has 0 aromatic carbocycles. The maximum atomic E-state index is 11.8. The molecule has 5 heteroatoms. The number of amides is 1. The van der Waals surface area contributed by atoms with Crippen LogP contribution in [0.3, 0.4) is 0 Å². The van der Waals surface area contributed by atoms with Crippen molar-refractivity contribution in [2.75, 3.05) is 5.32 Å². The molecule has 0 bridgehead atoms. The predicted molar refractivity (Wildman–Crippen MR) is 56.0 cm³/mol. The Morgan fingerprint density at radius 1 is 1.53 bits per heavy atom. The molecule has 15 heavy (non-hydrogen) atoms. The van der Waals surface area contributed by atoms with E-state index in [-0.39, 0.29) is 17.9 Å². The maximum absolute atomic E-state index is 11.8. The summed E-state index contributed by atoms with van der Waals surface area (Å²) in [5, 5.41) is 10.2. The van der Waals surface area contributed by atoms with Crippen LogP contribution in [-0.4, -0.2) is 22.1 Å². The van der Waals surface area contributed by atoms with Crippen LogP contribution in [0, 0.1) is 5.92 Å². The van der Waals surface area contributed by atoms with Crippen molar-refractivity contribution in [1.29, 1.82) is 0 Å². The van der Waals surface area contributed by atoms with Crippen LogP contribution in [0.2, 0.25) is 0 Å². The fourth-order valence-electron chi connectivity index (χ4n) is 1.90. The third-order valence-corrected chi connectivity index (χ3v) is 2.73. The minimum Gasteiger partial charge on any atom is -0.327 e. The standard InChI is InChI=1S/C10H14N4O/c11-8-4-1-3-7(8)10(15)13-9-5-2-6-12-14-9/h2,5-8H,1,3-4,11H2,(H,13,14,15). The van der Waals surface area contributed by atoms with Gasteiger partial charge in [-0.15, -0.1) is 5.10 Å². The van der Waals surface area contributed by atoms with Crippen molar-refractivity contribution in [2.45, 2.75) is 25.3 Å². The average molecular weight is 206 g/mol. The van der Waals surface area contributed by atoms with Crippen LogP contribution in [0.1, 0.15) is 19.3 Å². The maximum Gasteiger partial charge on any atom is 0.230 e. The highest BCUT2D eigenvalue weighted by Crippen LogP contribution is 2.24. The van der Waals surface area contributed by atoms with Gasteiger partial charge in [0.05, 0.1) is 5.92 Å². The van der Waals surface area contributed by atoms with Gasteiger partial charge in [0.15, 0.2) is 5.82 Å². The Bertz CT molecular complexity index is 341. The molecule has 0 radical (unpaired) electrons. The molecule has 1 aliphatic rings. The summed E-state index contributed by atoms with van der Waals surface area (Å²) in [6, 6.07) is 3.43. The van der Waals surface area contributed by atoms with Gasteiger partial charge in [-0.1, -0.05) is 6.42 Å². The molecule has 3 N–H and O–H groups in total. The lowest BCUT2D eigenvalue weighted by Gasteiger charge is -2.14. The zero-order valence-electron chi connectivity index (χ0n) is 8.39. The van der Waals surface area contributed by atoms with Crippen LogP contribution in [-0.2, 0) is 4.79 Å². The van der Waals surface area contributed by atoms with Crippen molar-refractivity contribution in [2.24, 2.45) is 11.7 Å². The van der Waals surface area contributed by atoms with Gasteiger partial charge in [-0.25, -0.2) is 0 Å². The summed E-state index contributed by atoms with van der Waals surface area (Å²) < 4.78 is 0. The summed E-state index contributed by atoms with van der Waals surface area (Å²) >= 11 is 0. The molecule has 1 fully saturated rings. The van der Waals surface area contributed by atoms with Crippen LogP contribution in [0.5, 0.6) is 0 Å². The topological polar surface area (TPSA) is 80.9 Å². The number of hydrogen-bond acceptors (Lipinski definition) is 4. The second-order valence-electron chi connectivity index (χ2n) is 3.80. The molecule has 1 aliphatic carbocycles. The molecular weight excluding hydrogens is 192 g/mol. The van der Waals surface area contributed by atoms with Gasteiger partial charge in [-0.05, 0) is 25.0 Å². The average Bonchev–Trinajstić information content (AvgIpc) is 2.66. The Labute approximate surface area is 88.1 Å². The van der Waals surface area contributed by atoms with Gasteiger partial charge in [-0.2, -0.15) is 5.10 Å². The van der Waals surface area contributed by atoms with E-state index in [0.717, 1.165) is 19.3 Å². The van der Waals surface area contributed by atoms with Gasteiger partial charge in [0, 0.05) is 12.2 Å². The van der Waals surface area contributed by atoms with Crippen molar-refractivity contribution in [3.63, 3.8) is 0 Å². The predicted octanol–water partition coefficient (Wildman–Crippen LogP) is 0.542. The summed E-state index contributed by atoms with van der Waals surface area (Å²) in [5.74, 6) is 0.370. The SMILES string of the molecule is NC1CCCC1C(=O)Nc1cccnn1. The Morgan fingerprint density at radius 3 is 3.00 bits per heavy atom. The normalized spacial score (nSPS) is 25.1. The number of rotatable bonds is 2. The van der Waals surface area contributed by atoms with Gasteiger partial charge in [0.2, 0.25) is 5.91 Å².